The van der Waals surface area contributed by atoms with E-state index < -0.39 is 0 Å². The third-order valence-corrected chi connectivity index (χ3v) is 18.0. The van der Waals surface area contributed by atoms with Crippen LogP contribution in [0.25, 0.3) is 87.7 Å². The smallest absolute Gasteiger partial charge is 0.156 e. The van der Waals surface area contributed by atoms with Gasteiger partial charge in [-0.25, -0.2) is 0 Å². The molecule has 2 aromatic heterocycles. The number of hydrogen-bond acceptors (Lipinski definition) is 5. The van der Waals surface area contributed by atoms with Crippen molar-refractivity contribution in [1.29, 1.82) is 5.26 Å². The van der Waals surface area contributed by atoms with Crippen LogP contribution in [-0.4, -0.2) is 0 Å². The van der Waals surface area contributed by atoms with E-state index in [9.17, 15) is 5.26 Å². The zero-order chi connectivity index (χ0) is 54.5. The summed E-state index contributed by atoms with van der Waals surface area (Å²) in [6.45, 7) is 18.3. The molecule has 0 bridgehead atoms. The van der Waals surface area contributed by atoms with Gasteiger partial charge < -0.3 is 18.6 Å². The van der Waals surface area contributed by atoms with Gasteiger partial charge in [-0.2, -0.15) is 5.26 Å². The van der Waals surface area contributed by atoms with Gasteiger partial charge in [0.2, 0.25) is 0 Å². The number of hydrogen-bond donors (Lipinski definition) is 0. The number of anilines is 6. The lowest BCUT2D eigenvalue weighted by molar-refractivity contribution is 0.660. The first-order valence-corrected chi connectivity index (χ1v) is 28.2. The number of nitriles is 1. The summed E-state index contributed by atoms with van der Waals surface area (Å²) >= 11 is 0. The van der Waals surface area contributed by atoms with Crippen LogP contribution in [-0.2, 0) is 10.8 Å². The first-order chi connectivity index (χ1) is 38.7. The van der Waals surface area contributed by atoms with Gasteiger partial charge in [0.25, 0.3) is 0 Å². The Morgan fingerprint density at radius 3 is 1.27 bits per heavy atom. The first-order valence-electron chi connectivity index (χ1n) is 28.2. The second-order valence-electron chi connectivity index (χ2n) is 24.0. The predicted octanol–water partition coefficient (Wildman–Crippen LogP) is 21.5. The summed E-state index contributed by atoms with van der Waals surface area (Å²) < 4.78 is 13.8. The fourth-order valence-corrected chi connectivity index (χ4v) is 13.6. The van der Waals surface area contributed by atoms with E-state index in [4.69, 9.17) is 8.83 Å². The number of benzene rings is 11. The molecule has 5 nitrogen and oxygen atoms in total. The number of furan rings is 2. The van der Waals surface area contributed by atoms with E-state index >= 15 is 0 Å². The van der Waals surface area contributed by atoms with Crippen molar-refractivity contribution >= 4 is 99.5 Å². The van der Waals surface area contributed by atoms with Crippen molar-refractivity contribution in [3.05, 3.63) is 239 Å². The topological polar surface area (TPSA) is 56.6 Å². The normalized spacial score (nSPS) is 13.9. The average Bonchev–Trinajstić information content (AvgIpc) is 3.96. The molecule has 0 radical (unpaired) electrons. The number of fused-ring (bicyclic) bond motifs is 15. The van der Waals surface area contributed by atoms with Gasteiger partial charge in [-0.05, 0) is 192 Å². The Hall–Kier alpha value is -9.37. The van der Waals surface area contributed by atoms with Crippen LogP contribution in [0.4, 0.5) is 34.1 Å². The van der Waals surface area contributed by atoms with E-state index in [0.29, 0.717) is 34.1 Å². The minimum absolute atomic E-state index is 0.0881. The maximum Gasteiger partial charge on any atom is 0.156 e. The van der Waals surface area contributed by atoms with Crippen LogP contribution in [0.2, 0.25) is 0 Å². The molecule has 13 aromatic rings. The highest BCUT2D eigenvalue weighted by molar-refractivity contribution is 6.25. The molecule has 386 valence electrons. The van der Waals surface area contributed by atoms with Crippen LogP contribution in [0.5, 0.6) is 0 Å². The quantitative estimate of drug-likeness (QED) is 0.152. The highest BCUT2D eigenvalue weighted by Crippen LogP contribution is 2.53. The molecule has 0 fully saturated rings. The van der Waals surface area contributed by atoms with E-state index in [-0.39, 0.29) is 10.8 Å². The average molecular weight is 1030 g/mol. The molecular formula is C75H59N3O2. The minimum atomic E-state index is -0.0908. The van der Waals surface area contributed by atoms with Gasteiger partial charge in [0, 0.05) is 61.1 Å². The van der Waals surface area contributed by atoms with E-state index in [0.717, 1.165) is 82.8 Å². The predicted molar refractivity (Wildman–Crippen MR) is 333 cm³/mol. The minimum Gasteiger partial charge on any atom is -0.455 e. The highest BCUT2D eigenvalue weighted by Gasteiger charge is 2.37. The lowest BCUT2D eigenvalue weighted by atomic mass is 9.82. The van der Waals surface area contributed by atoms with Crippen LogP contribution < -0.4 is 9.80 Å². The van der Waals surface area contributed by atoms with Gasteiger partial charge in [-0.15, -0.1) is 0 Å². The van der Waals surface area contributed by atoms with Gasteiger partial charge in [0.05, 0.1) is 10.9 Å². The monoisotopic (exact) mass is 1030 g/mol. The van der Waals surface area contributed by atoms with Crippen molar-refractivity contribution in [2.75, 3.05) is 9.80 Å². The molecule has 11 aromatic carbocycles. The zero-order valence-electron chi connectivity index (χ0n) is 46.4. The Bertz CT molecular complexity index is 4790. The Morgan fingerprint density at radius 1 is 0.375 bits per heavy atom. The number of rotatable bonds is 8. The van der Waals surface area contributed by atoms with Crippen molar-refractivity contribution in [1.82, 2.24) is 0 Å². The van der Waals surface area contributed by atoms with Crippen molar-refractivity contribution in [3.63, 3.8) is 0 Å². The molecule has 5 heteroatoms. The van der Waals surface area contributed by atoms with E-state index in [1.807, 2.05) is 6.07 Å². The van der Waals surface area contributed by atoms with Crippen molar-refractivity contribution < 1.29 is 8.83 Å². The number of nitrogens with zero attached hydrogens (tertiary/aromatic N) is 3. The Labute approximate surface area is 466 Å². The summed E-state index contributed by atoms with van der Waals surface area (Å²) in [4.78, 5) is 4.75. The van der Waals surface area contributed by atoms with E-state index in [2.05, 4.69) is 265 Å². The Balaban J connectivity index is 0.853. The van der Waals surface area contributed by atoms with Gasteiger partial charge in [0.1, 0.15) is 22.8 Å². The Morgan fingerprint density at radius 2 is 0.787 bits per heavy atom. The molecule has 2 heterocycles. The van der Waals surface area contributed by atoms with Crippen molar-refractivity contribution in [2.45, 2.75) is 78.1 Å². The standard InChI is InChI=1S/C75H59N3O2/c1-43(2)45-17-23-52(24-18-45)77(56-29-31-67-60(40-56)58-13-9-11-15-65(58)74(67,5)6)54-27-21-47-35-62-63-37-51(42-76)72-71(73(63)80-69(62)38-49(47)33-54)64-36-48-22-28-55(34-50(48)39-70(64)79-72)78(53-25-19-46(20-26-53)44(3)4)57-30-32-68-61(41-57)59-14-10-12-16-66(59)75(68,7)8/h9-41,43-44H,1-8H3. The molecule has 0 aliphatic heterocycles. The molecule has 0 atom stereocenters. The molecular weight excluding hydrogens is 975 g/mol. The molecule has 2 aliphatic carbocycles. The third-order valence-electron chi connectivity index (χ3n) is 18.0. The molecule has 0 unspecified atom stereocenters. The van der Waals surface area contributed by atoms with Crippen molar-refractivity contribution in [3.8, 4) is 28.3 Å². The Kier molecular flexibility index (Phi) is 10.3. The van der Waals surface area contributed by atoms with Gasteiger partial charge in [-0.1, -0.05) is 152 Å². The van der Waals surface area contributed by atoms with Crippen LogP contribution in [0, 0.1) is 11.3 Å². The summed E-state index contributed by atoms with van der Waals surface area (Å²) in [5.41, 5.74) is 22.6. The molecule has 2 aliphatic rings. The summed E-state index contributed by atoms with van der Waals surface area (Å²) in [5, 5.41) is 18.6. The first kappa shape index (κ1) is 47.8. The molecule has 0 saturated carbocycles. The fraction of sp³-hybridized carbons (Fsp3) is 0.160. The van der Waals surface area contributed by atoms with Gasteiger partial charge in [-0.3, -0.25) is 0 Å². The summed E-state index contributed by atoms with van der Waals surface area (Å²) in [6, 6.07) is 76.2. The third kappa shape index (κ3) is 7.08. The van der Waals surface area contributed by atoms with Crippen LogP contribution in [0.3, 0.4) is 0 Å². The maximum atomic E-state index is 10.8. The molecule has 0 amide bonds. The molecule has 0 N–H and O–H groups in total. The molecule has 15 rings (SSSR count). The zero-order valence-corrected chi connectivity index (χ0v) is 46.4. The molecule has 0 spiro atoms. The van der Waals surface area contributed by atoms with Gasteiger partial charge >= 0.3 is 0 Å². The largest absolute Gasteiger partial charge is 0.455 e. The van der Waals surface area contributed by atoms with E-state index in [1.165, 1.54) is 55.6 Å². The van der Waals surface area contributed by atoms with Crippen molar-refractivity contribution in [2.24, 2.45) is 0 Å². The van der Waals surface area contributed by atoms with E-state index in [1.54, 1.807) is 0 Å². The fourth-order valence-electron chi connectivity index (χ4n) is 13.6. The van der Waals surface area contributed by atoms with Crippen LogP contribution in [0.15, 0.2) is 209 Å². The molecule has 80 heavy (non-hydrogen) atoms. The summed E-state index contributed by atoms with van der Waals surface area (Å²) in [6.07, 6.45) is 0. The second-order valence-corrected chi connectivity index (χ2v) is 24.0. The SMILES string of the molecule is CC(C)c1ccc(N(c2ccc3c(c2)-c2ccccc2C3(C)C)c2ccc3cc4c(cc3c2)oc2c4cc(C#N)c3oc4cc5cc(N(c6ccc(C(C)C)cc6)c6ccc7c(c6)-c6ccccc6C7(C)C)ccc5cc4c32)cc1. The summed E-state index contributed by atoms with van der Waals surface area (Å²) in [7, 11) is 0. The van der Waals surface area contributed by atoms with Crippen LogP contribution >= 0.6 is 0 Å². The second kappa shape index (κ2) is 17.3. The van der Waals surface area contributed by atoms with Gasteiger partial charge in [0.15, 0.2) is 5.58 Å². The maximum absolute atomic E-state index is 10.8. The molecule has 0 saturated heterocycles. The lowest BCUT2D eigenvalue weighted by Gasteiger charge is -2.27. The highest BCUT2D eigenvalue weighted by atomic mass is 16.3. The lowest BCUT2D eigenvalue weighted by Crippen LogP contribution is -2.15. The summed E-state index contributed by atoms with van der Waals surface area (Å²) in [5.74, 6) is 0.842. The van der Waals surface area contributed by atoms with Crippen LogP contribution in [0.1, 0.15) is 106 Å².